The van der Waals surface area contributed by atoms with E-state index in [1.165, 1.54) is 0 Å². The number of benzene rings is 1. The second-order valence-electron chi connectivity index (χ2n) is 7.74. The summed E-state index contributed by atoms with van der Waals surface area (Å²) in [6, 6.07) is 8.79. The third-order valence-corrected chi connectivity index (χ3v) is 5.07. The number of anilines is 1. The molecule has 0 bridgehead atoms. The lowest BCUT2D eigenvalue weighted by atomic mass is 10.1. The van der Waals surface area contributed by atoms with Crippen molar-refractivity contribution in [1.82, 2.24) is 24.5 Å². The average molecular weight is 423 g/mol. The molecule has 0 unspecified atom stereocenters. The number of halogens is 1. The van der Waals surface area contributed by atoms with E-state index in [0.29, 0.717) is 22.5 Å². The number of pyridine rings is 1. The van der Waals surface area contributed by atoms with E-state index in [1.807, 2.05) is 31.5 Å². The SMILES string of the molecule is CC(C)Cn1cncc1-c1ccnc(N[C@@H](C)c2cc3cc(Cl)ccc3[nH]c2=O)n1. The molecular formula is C22H23ClN6O. The summed E-state index contributed by atoms with van der Waals surface area (Å²) in [6.45, 7) is 7.08. The van der Waals surface area contributed by atoms with Gasteiger partial charge in [0.25, 0.3) is 5.56 Å². The molecule has 3 heterocycles. The molecule has 0 aliphatic carbocycles. The fourth-order valence-corrected chi connectivity index (χ4v) is 3.61. The average Bonchev–Trinajstić information content (AvgIpc) is 3.15. The van der Waals surface area contributed by atoms with Crippen LogP contribution in [-0.4, -0.2) is 24.5 Å². The van der Waals surface area contributed by atoms with Crippen molar-refractivity contribution in [3.8, 4) is 11.4 Å². The molecule has 2 N–H and O–H groups in total. The van der Waals surface area contributed by atoms with Crippen molar-refractivity contribution in [1.29, 1.82) is 0 Å². The van der Waals surface area contributed by atoms with Gasteiger partial charge in [-0.25, -0.2) is 15.0 Å². The molecule has 0 aliphatic heterocycles. The Kier molecular flexibility index (Phi) is 5.55. The number of nitrogens with one attached hydrogen (secondary N) is 2. The van der Waals surface area contributed by atoms with E-state index in [1.54, 1.807) is 24.5 Å². The fourth-order valence-electron chi connectivity index (χ4n) is 3.43. The lowest BCUT2D eigenvalue weighted by Gasteiger charge is -2.15. The summed E-state index contributed by atoms with van der Waals surface area (Å²) in [5, 5.41) is 4.73. The molecule has 0 saturated carbocycles. The molecule has 154 valence electrons. The number of aromatic amines is 1. The molecule has 4 rings (SSSR count). The molecule has 0 fully saturated rings. The van der Waals surface area contributed by atoms with Crippen molar-refractivity contribution in [3.05, 3.63) is 70.0 Å². The van der Waals surface area contributed by atoms with Crippen LogP contribution < -0.4 is 10.9 Å². The normalized spacial score (nSPS) is 12.4. The molecule has 0 aliphatic rings. The summed E-state index contributed by atoms with van der Waals surface area (Å²) in [7, 11) is 0. The van der Waals surface area contributed by atoms with Crippen molar-refractivity contribution >= 4 is 28.5 Å². The summed E-state index contributed by atoms with van der Waals surface area (Å²) in [5.41, 5.74) is 2.88. The van der Waals surface area contributed by atoms with Gasteiger partial charge in [-0.05, 0) is 43.2 Å². The predicted octanol–water partition coefficient (Wildman–Crippen LogP) is 4.66. The number of fused-ring (bicyclic) bond motifs is 1. The van der Waals surface area contributed by atoms with E-state index in [2.05, 4.69) is 43.7 Å². The minimum absolute atomic E-state index is 0.156. The van der Waals surface area contributed by atoms with Gasteiger partial charge in [-0.2, -0.15) is 0 Å². The first-order valence-corrected chi connectivity index (χ1v) is 10.2. The van der Waals surface area contributed by atoms with E-state index in [4.69, 9.17) is 11.6 Å². The van der Waals surface area contributed by atoms with Crippen LogP contribution >= 0.6 is 11.6 Å². The van der Waals surface area contributed by atoms with Crippen LogP contribution in [0, 0.1) is 5.92 Å². The van der Waals surface area contributed by atoms with Crippen LogP contribution in [0.3, 0.4) is 0 Å². The van der Waals surface area contributed by atoms with Gasteiger partial charge in [0.15, 0.2) is 0 Å². The van der Waals surface area contributed by atoms with Crippen molar-refractivity contribution in [3.63, 3.8) is 0 Å². The van der Waals surface area contributed by atoms with Crippen molar-refractivity contribution in [2.45, 2.75) is 33.4 Å². The summed E-state index contributed by atoms with van der Waals surface area (Å²) < 4.78 is 2.08. The van der Waals surface area contributed by atoms with Crippen LogP contribution in [-0.2, 0) is 6.54 Å². The van der Waals surface area contributed by atoms with Crippen LogP contribution in [0.15, 0.2) is 53.8 Å². The zero-order valence-corrected chi connectivity index (χ0v) is 17.8. The zero-order valence-electron chi connectivity index (χ0n) is 17.1. The maximum atomic E-state index is 12.6. The van der Waals surface area contributed by atoms with E-state index in [9.17, 15) is 4.79 Å². The predicted molar refractivity (Wildman–Crippen MR) is 120 cm³/mol. The van der Waals surface area contributed by atoms with Crippen LogP contribution in [0.1, 0.15) is 32.4 Å². The highest BCUT2D eigenvalue weighted by Crippen LogP contribution is 2.23. The summed E-state index contributed by atoms with van der Waals surface area (Å²) in [5.74, 6) is 0.938. The van der Waals surface area contributed by atoms with Gasteiger partial charge >= 0.3 is 0 Å². The Hall–Kier alpha value is -3.19. The Labute approximate surface area is 179 Å². The topological polar surface area (TPSA) is 88.5 Å². The van der Waals surface area contributed by atoms with Crippen LogP contribution in [0.4, 0.5) is 5.95 Å². The highest BCUT2D eigenvalue weighted by atomic mass is 35.5. The molecule has 1 aromatic carbocycles. The Morgan fingerprint density at radius 2 is 2.03 bits per heavy atom. The van der Waals surface area contributed by atoms with Gasteiger partial charge in [-0.15, -0.1) is 0 Å². The molecule has 8 heteroatoms. The Balaban J connectivity index is 1.62. The van der Waals surface area contributed by atoms with Crippen LogP contribution in [0.2, 0.25) is 5.02 Å². The maximum Gasteiger partial charge on any atom is 0.253 e. The van der Waals surface area contributed by atoms with Gasteiger partial charge in [0.2, 0.25) is 5.95 Å². The molecule has 30 heavy (non-hydrogen) atoms. The van der Waals surface area contributed by atoms with Gasteiger partial charge in [0, 0.05) is 34.2 Å². The van der Waals surface area contributed by atoms with E-state index in [-0.39, 0.29) is 11.6 Å². The number of rotatable bonds is 6. The van der Waals surface area contributed by atoms with Crippen LogP contribution in [0.25, 0.3) is 22.3 Å². The largest absolute Gasteiger partial charge is 0.347 e. The Bertz CT molecular complexity index is 1250. The molecule has 0 amide bonds. The Morgan fingerprint density at radius 1 is 1.20 bits per heavy atom. The standard InChI is InChI=1S/C22H23ClN6O/c1-13(2)11-29-12-24-10-20(29)19-6-7-25-22(28-19)26-14(3)17-9-15-8-16(23)4-5-18(15)27-21(17)30/h4-10,12-14H,11H2,1-3H3,(H,27,30)(H,25,26,28)/t14-/m0/s1. The second-order valence-corrected chi connectivity index (χ2v) is 8.18. The molecule has 3 aromatic heterocycles. The number of aromatic nitrogens is 5. The molecule has 1 atom stereocenters. The lowest BCUT2D eigenvalue weighted by molar-refractivity contribution is 0.526. The minimum atomic E-state index is -0.298. The molecular weight excluding hydrogens is 400 g/mol. The first-order chi connectivity index (χ1) is 14.4. The highest BCUT2D eigenvalue weighted by molar-refractivity contribution is 6.31. The molecule has 0 saturated heterocycles. The summed E-state index contributed by atoms with van der Waals surface area (Å²) >= 11 is 6.10. The molecule has 0 spiro atoms. The third-order valence-electron chi connectivity index (χ3n) is 4.84. The number of nitrogens with zero attached hydrogens (tertiary/aromatic N) is 4. The summed E-state index contributed by atoms with van der Waals surface area (Å²) in [4.78, 5) is 28.7. The van der Waals surface area contributed by atoms with Crippen molar-refractivity contribution < 1.29 is 0 Å². The number of hydrogen-bond acceptors (Lipinski definition) is 5. The first kappa shape index (κ1) is 20.1. The number of imidazole rings is 1. The van der Waals surface area contributed by atoms with E-state index >= 15 is 0 Å². The van der Waals surface area contributed by atoms with Gasteiger partial charge in [0.1, 0.15) is 0 Å². The van der Waals surface area contributed by atoms with Crippen molar-refractivity contribution in [2.75, 3.05) is 5.32 Å². The van der Waals surface area contributed by atoms with E-state index in [0.717, 1.165) is 28.8 Å². The number of H-pyrrole nitrogens is 1. The maximum absolute atomic E-state index is 12.6. The first-order valence-electron chi connectivity index (χ1n) is 9.83. The fraction of sp³-hybridized carbons (Fsp3) is 0.273. The van der Waals surface area contributed by atoms with E-state index < -0.39 is 0 Å². The quantitative estimate of drug-likeness (QED) is 0.471. The van der Waals surface area contributed by atoms with Gasteiger partial charge < -0.3 is 14.9 Å². The third kappa shape index (κ3) is 4.21. The minimum Gasteiger partial charge on any atom is -0.347 e. The number of hydrogen-bond donors (Lipinski definition) is 2. The molecule has 0 radical (unpaired) electrons. The molecule has 4 aromatic rings. The van der Waals surface area contributed by atoms with Gasteiger partial charge in [0.05, 0.1) is 30.0 Å². The Morgan fingerprint density at radius 3 is 2.83 bits per heavy atom. The lowest BCUT2D eigenvalue weighted by Crippen LogP contribution is -2.20. The zero-order chi connectivity index (χ0) is 21.3. The van der Waals surface area contributed by atoms with Crippen LogP contribution in [0.5, 0.6) is 0 Å². The second kappa shape index (κ2) is 8.28. The van der Waals surface area contributed by atoms with Crippen molar-refractivity contribution in [2.24, 2.45) is 5.92 Å². The van der Waals surface area contributed by atoms with Gasteiger partial charge in [-0.3, -0.25) is 4.79 Å². The highest BCUT2D eigenvalue weighted by Gasteiger charge is 2.14. The summed E-state index contributed by atoms with van der Waals surface area (Å²) in [6.07, 6.45) is 5.32. The molecule has 7 nitrogen and oxygen atoms in total. The smallest absolute Gasteiger partial charge is 0.253 e. The van der Waals surface area contributed by atoms with Gasteiger partial charge in [-0.1, -0.05) is 25.4 Å². The monoisotopic (exact) mass is 422 g/mol.